The van der Waals surface area contributed by atoms with Crippen LogP contribution < -0.4 is 0 Å². The molecule has 0 saturated carbocycles. The molecule has 1 aromatic carbocycles. The zero-order chi connectivity index (χ0) is 10.1. The van der Waals surface area contributed by atoms with Crippen LogP contribution in [0.2, 0.25) is 0 Å². The first-order chi connectivity index (χ1) is 6.72. The molecule has 0 aliphatic rings. The molecule has 2 aromatic rings. The van der Waals surface area contributed by atoms with E-state index in [0.717, 1.165) is 0 Å². The van der Waals surface area contributed by atoms with Crippen LogP contribution in [0.5, 0.6) is 0 Å². The van der Waals surface area contributed by atoms with Gasteiger partial charge in [0, 0.05) is 17.1 Å². The first kappa shape index (κ1) is 9.32. The highest BCUT2D eigenvalue weighted by Gasteiger charge is 2.05. The molecule has 0 fully saturated rings. The molecule has 0 radical (unpaired) electrons. The second kappa shape index (κ2) is 3.49. The minimum atomic E-state index is 0.661. The van der Waals surface area contributed by atoms with E-state index in [4.69, 9.17) is 0 Å². The lowest BCUT2D eigenvalue weighted by molar-refractivity contribution is 0.734. The number of aryl methyl sites for hydroxylation is 1. The number of benzene rings is 1. The van der Waals surface area contributed by atoms with Gasteiger partial charge < -0.3 is 4.98 Å². The van der Waals surface area contributed by atoms with Crippen LogP contribution in [0.25, 0.3) is 10.9 Å². The highest BCUT2D eigenvalue weighted by Crippen LogP contribution is 2.24. The van der Waals surface area contributed by atoms with Crippen LogP contribution in [0, 0.1) is 6.92 Å². The van der Waals surface area contributed by atoms with E-state index in [9.17, 15) is 0 Å². The van der Waals surface area contributed by atoms with Crippen LogP contribution in [-0.4, -0.2) is 4.98 Å². The van der Waals surface area contributed by atoms with Crippen molar-refractivity contribution in [2.45, 2.75) is 33.1 Å². The number of hydrogen-bond donors (Lipinski definition) is 1. The number of H-pyrrole nitrogens is 1. The van der Waals surface area contributed by atoms with Crippen LogP contribution in [0.3, 0.4) is 0 Å². The summed E-state index contributed by atoms with van der Waals surface area (Å²) in [5.41, 5.74) is 4.03. The summed E-state index contributed by atoms with van der Waals surface area (Å²) in [4.78, 5) is 3.27. The van der Waals surface area contributed by atoms with Gasteiger partial charge in [-0.15, -0.1) is 0 Å². The van der Waals surface area contributed by atoms with Gasteiger partial charge in [0.25, 0.3) is 0 Å². The molecule has 1 unspecified atom stereocenters. The second-order valence-corrected chi connectivity index (χ2v) is 4.09. The van der Waals surface area contributed by atoms with Crippen LogP contribution in [-0.2, 0) is 0 Å². The first-order valence-electron chi connectivity index (χ1n) is 5.30. The number of hydrogen-bond acceptors (Lipinski definition) is 0. The molecule has 0 aliphatic carbocycles. The van der Waals surface area contributed by atoms with Crippen molar-refractivity contribution in [1.82, 2.24) is 4.98 Å². The fourth-order valence-electron chi connectivity index (χ4n) is 1.82. The van der Waals surface area contributed by atoms with E-state index in [2.05, 4.69) is 50.2 Å². The fourth-order valence-corrected chi connectivity index (χ4v) is 1.82. The van der Waals surface area contributed by atoms with Gasteiger partial charge in [0.15, 0.2) is 0 Å². The number of aromatic nitrogens is 1. The zero-order valence-corrected chi connectivity index (χ0v) is 9.09. The van der Waals surface area contributed by atoms with Crippen LogP contribution in [0.15, 0.2) is 24.4 Å². The minimum absolute atomic E-state index is 0.661. The van der Waals surface area contributed by atoms with Gasteiger partial charge in [-0.3, -0.25) is 0 Å². The van der Waals surface area contributed by atoms with Gasteiger partial charge in [-0.25, -0.2) is 0 Å². The van der Waals surface area contributed by atoms with E-state index in [1.807, 2.05) is 0 Å². The Bertz CT molecular complexity index is 439. The third kappa shape index (κ3) is 1.43. The van der Waals surface area contributed by atoms with E-state index in [-0.39, 0.29) is 0 Å². The fraction of sp³-hybridized carbons (Fsp3) is 0.385. The van der Waals surface area contributed by atoms with E-state index in [1.165, 1.54) is 28.5 Å². The third-order valence-corrected chi connectivity index (χ3v) is 3.09. The van der Waals surface area contributed by atoms with Crippen LogP contribution in [0.4, 0.5) is 0 Å². The highest BCUT2D eigenvalue weighted by atomic mass is 14.7. The van der Waals surface area contributed by atoms with Gasteiger partial charge in [0.05, 0.1) is 0 Å². The predicted octanol–water partition coefficient (Wildman–Crippen LogP) is 3.99. The molecular weight excluding hydrogens is 170 g/mol. The first-order valence-corrected chi connectivity index (χ1v) is 5.30. The Balaban J connectivity index is 2.54. The minimum Gasteiger partial charge on any atom is -0.361 e. The van der Waals surface area contributed by atoms with E-state index < -0.39 is 0 Å². The smallest absolute Gasteiger partial charge is 0.0456 e. The van der Waals surface area contributed by atoms with Crippen LogP contribution >= 0.6 is 0 Å². The van der Waals surface area contributed by atoms with Crippen molar-refractivity contribution in [3.05, 3.63) is 35.5 Å². The lowest BCUT2D eigenvalue weighted by atomic mass is 9.97. The maximum atomic E-state index is 3.27. The van der Waals surface area contributed by atoms with Crippen molar-refractivity contribution in [1.29, 1.82) is 0 Å². The van der Waals surface area contributed by atoms with Gasteiger partial charge >= 0.3 is 0 Å². The molecule has 74 valence electrons. The van der Waals surface area contributed by atoms with Gasteiger partial charge in [-0.2, -0.15) is 0 Å². The molecule has 1 atom stereocenters. The maximum absolute atomic E-state index is 3.27. The molecule has 14 heavy (non-hydrogen) atoms. The Morgan fingerprint density at radius 3 is 2.86 bits per heavy atom. The van der Waals surface area contributed by atoms with Gasteiger partial charge in [-0.05, 0) is 42.5 Å². The molecule has 1 aromatic heterocycles. The van der Waals surface area contributed by atoms with Gasteiger partial charge in [-0.1, -0.05) is 19.9 Å². The average Bonchev–Trinajstić information content (AvgIpc) is 2.59. The van der Waals surface area contributed by atoms with Crippen LogP contribution in [0.1, 0.15) is 37.3 Å². The van der Waals surface area contributed by atoms with Crippen molar-refractivity contribution in [3.63, 3.8) is 0 Å². The van der Waals surface area contributed by atoms with Crippen molar-refractivity contribution in [3.8, 4) is 0 Å². The monoisotopic (exact) mass is 187 g/mol. The molecule has 1 nitrogen and oxygen atoms in total. The maximum Gasteiger partial charge on any atom is 0.0456 e. The molecule has 1 heterocycles. The molecule has 2 rings (SSSR count). The summed E-state index contributed by atoms with van der Waals surface area (Å²) in [7, 11) is 0. The molecular formula is C13H17N. The SMILES string of the molecule is CCC(C)c1ccc2[nH]cc(C)c2c1. The quantitative estimate of drug-likeness (QED) is 0.731. The largest absolute Gasteiger partial charge is 0.361 e. The molecule has 0 bridgehead atoms. The predicted molar refractivity (Wildman–Crippen MR) is 61.7 cm³/mol. The molecule has 0 aliphatic heterocycles. The summed E-state index contributed by atoms with van der Waals surface area (Å²) in [5, 5.41) is 1.36. The topological polar surface area (TPSA) is 15.8 Å². The molecule has 0 saturated heterocycles. The standard InChI is InChI=1S/C13H17N/c1-4-9(2)11-5-6-13-12(7-11)10(3)8-14-13/h5-9,14H,4H2,1-3H3. The lowest BCUT2D eigenvalue weighted by Crippen LogP contribution is -1.90. The lowest BCUT2D eigenvalue weighted by Gasteiger charge is -2.08. The summed E-state index contributed by atoms with van der Waals surface area (Å²) in [5.74, 6) is 0.661. The third-order valence-electron chi connectivity index (χ3n) is 3.09. The molecule has 1 N–H and O–H groups in total. The summed E-state index contributed by atoms with van der Waals surface area (Å²) < 4.78 is 0. The highest BCUT2D eigenvalue weighted by molar-refractivity contribution is 5.83. The Kier molecular flexibility index (Phi) is 2.32. The number of rotatable bonds is 2. The molecule has 1 heteroatoms. The van der Waals surface area contributed by atoms with E-state index in [0.29, 0.717) is 5.92 Å². The number of nitrogens with one attached hydrogen (secondary N) is 1. The van der Waals surface area contributed by atoms with Gasteiger partial charge in [0.1, 0.15) is 0 Å². The van der Waals surface area contributed by atoms with E-state index >= 15 is 0 Å². The van der Waals surface area contributed by atoms with Crippen molar-refractivity contribution in [2.75, 3.05) is 0 Å². The Morgan fingerprint density at radius 1 is 1.36 bits per heavy atom. The second-order valence-electron chi connectivity index (χ2n) is 4.09. The average molecular weight is 187 g/mol. The summed E-state index contributed by atoms with van der Waals surface area (Å²) in [6.07, 6.45) is 3.28. The summed E-state index contributed by atoms with van der Waals surface area (Å²) in [6.45, 7) is 6.67. The zero-order valence-electron chi connectivity index (χ0n) is 9.09. The molecule has 0 amide bonds. The Morgan fingerprint density at radius 2 is 2.14 bits per heavy atom. The number of aromatic amines is 1. The van der Waals surface area contributed by atoms with Crippen molar-refractivity contribution in [2.24, 2.45) is 0 Å². The Hall–Kier alpha value is -1.24. The van der Waals surface area contributed by atoms with E-state index in [1.54, 1.807) is 0 Å². The van der Waals surface area contributed by atoms with Crippen molar-refractivity contribution < 1.29 is 0 Å². The molecule has 0 spiro atoms. The van der Waals surface area contributed by atoms with Crippen molar-refractivity contribution >= 4 is 10.9 Å². The Labute approximate surface area is 85.1 Å². The van der Waals surface area contributed by atoms with Gasteiger partial charge in [0.2, 0.25) is 0 Å². The normalized spacial score (nSPS) is 13.4. The number of fused-ring (bicyclic) bond motifs is 1. The summed E-state index contributed by atoms with van der Waals surface area (Å²) >= 11 is 0. The summed E-state index contributed by atoms with van der Waals surface area (Å²) in [6, 6.07) is 6.73.